The highest BCUT2D eigenvalue weighted by Gasteiger charge is 2.10. The normalized spacial score (nSPS) is 11.1. The van der Waals surface area contributed by atoms with Crippen molar-refractivity contribution in [1.82, 2.24) is 9.97 Å². The molecule has 0 bridgehead atoms. The molecule has 2 aromatic heterocycles. The smallest absolute Gasteiger partial charge is 0.162 e. The summed E-state index contributed by atoms with van der Waals surface area (Å²) in [6, 6.07) is 6.04. The van der Waals surface area contributed by atoms with Gasteiger partial charge in [-0.15, -0.1) is 0 Å². The molecule has 0 radical (unpaired) electrons. The van der Waals surface area contributed by atoms with Crippen molar-refractivity contribution in [2.45, 2.75) is 13.8 Å². The van der Waals surface area contributed by atoms with Crippen molar-refractivity contribution in [2.75, 3.05) is 0 Å². The van der Waals surface area contributed by atoms with Gasteiger partial charge in [-0.1, -0.05) is 23.2 Å². The molecule has 0 saturated heterocycles. The summed E-state index contributed by atoms with van der Waals surface area (Å²) in [4.78, 5) is 9.00. The number of nitrogens with zero attached hydrogens (tertiary/aromatic N) is 2. The summed E-state index contributed by atoms with van der Waals surface area (Å²) >= 11 is 7.91. The minimum Gasteiger partial charge on any atom is -0.228 e. The standard InChI is InChI=1S/C14H11ClN2S/c1-8-3-4-12-10(5-8)13(15)17-14(16-12)11-7-18-6-9(11)2/h3-7H,1-2H3. The summed E-state index contributed by atoms with van der Waals surface area (Å²) in [6.07, 6.45) is 0. The van der Waals surface area contributed by atoms with Crippen molar-refractivity contribution >= 4 is 33.8 Å². The molecule has 2 nitrogen and oxygen atoms in total. The predicted octanol–water partition coefficient (Wildman–Crippen LogP) is 4.63. The Labute approximate surface area is 114 Å². The zero-order valence-electron chi connectivity index (χ0n) is 10.1. The fraction of sp³-hybridized carbons (Fsp3) is 0.143. The van der Waals surface area contributed by atoms with E-state index in [2.05, 4.69) is 27.7 Å². The largest absolute Gasteiger partial charge is 0.228 e. The van der Waals surface area contributed by atoms with E-state index < -0.39 is 0 Å². The number of aryl methyl sites for hydroxylation is 2. The molecule has 0 N–H and O–H groups in total. The molecular formula is C14H11ClN2S. The monoisotopic (exact) mass is 274 g/mol. The van der Waals surface area contributed by atoms with Crippen LogP contribution in [0.4, 0.5) is 0 Å². The molecule has 0 fully saturated rings. The molecule has 0 aliphatic heterocycles. The SMILES string of the molecule is Cc1ccc2nc(-c3cscc3C)nc(Cl)c2c1. The molecule has 18 heavy (non-hydrogen) atoms. The lowest BCUT2D eigenvalue weighted by molar-refractivity contribution is 1.22. The Bertz CT molecular complexity index is 734. The zero-order chi connectivity index (χ0) is 12.7. The summed E-state index contributed by atoms with van der Waals surface area (Å²) in [5.74, 6) is 0.704. The minimum absolute atomic E-state index is 0.518. The highest BCUT2D eigenvalue weighted by molar-refractivity contribution is 7.08. The molecule has 1 aromatic carbocycles. The van der Waals surface area contributed by atoms with E-state index in [1.807, 2.05) is 25.1 Å². The quantitative estimate of drug-likeness (QED) is 0.605. The lowest BCUT2D eigenvalue weighted by Crippen LogP contribution is -1.92. The first-order valence-electron chi connectivity index (χ1n) is 5.62. The van der Waals surface area contributed by atoms with Crippen molar-refractivity contribution in [3.05, 3.63) is 45.2 Å². The van der Waals surface area contributed by atoms with Gasteiger partial charge < -0.3 is 0 Å². The Balaban J connectivity index is 2.28. The second-order valence-corrected chi connectivity index (χ2v) is 5.43. The van der Waals surface area contributed by atoms with Crippen molar-refractivity contribution in [1.29, 1.82) is 0 Å². The number of benzene rings is 1. The average Bonchev–Trinajstić information content (AvgIpc) is 2.76. The Morgan fingerprint density at radius 1 is 1.11 bits per heavy atom. The fourth-order valence-electron chi connectivity index (χ4n) is 1.91. The van der Waals surface area contributed by atoms with E-state index in [1.165, 1.54) is 5.56 Å². The molecule has 0 amide bonds. The van der Waals surface area contributed by atoms with Gasteiger partial charge in [-0.2, -0.15) is 11.3 Å². The Kier molecular flexibility index (Phi) is 2.80. The van der Waals surface area contributed by atoms with Crippen molar-refractivity contribution in [3.63, 3.8) is 0 Å². The molecule has 0 aliphatic carbocycles. The number of rotatable bonds is 1. The molecule has 0 atom stereocenters. The molecular weight excluding hydrogens is 264 g/mol. The summed E-state index contributed by atoms with van der Waals surface area (Å²) in [5.41, 5.74) is 4.29. The maximum Gasteiger partial charge on any atom is 0.162 e. The number of thiophene rings is 1. The van der Waals surface area contributed by atoms with Crippen LogP contribution in [0.3, 0.4) is 0 Å². The number of halogens is 1. The van der Waals surface area contributed by atoms with Crippen LogP contribution in [0, 0.1) is 13.8 Å². The summed E-state index contributed by atoms with van der Waals surface area (Å²) in [6.45, 7) is 4.09. The van der Waals surface area contributed by atoms with Crippen LogP contribution in [-0.4, -0.2) is 9.97 Å². The first-order valence-corrected chi connectivity index (χ1v) is 6.94. The highest BCUT2D eigenvalue weighted by Crippen LogP contribution is 2.28. The topological polar surface area (TPSA) is 25.8 Å². The van der Waals surface area contributed by atoms with E-state index in [9.17, 15) is 0 Å². The lowest BCUT2D eigenvalue weighted by Gasteiger charge is -2.05. The summed E-state index contributed by atoms with van der Waals surface area (Å²) in [5, 5.41) is 5.57. The highest BCUT2D eigenvalue weighted by atomic mass is 35.5. The number of hydrogen-bond acceptors (Lipinski definition) is 3. The van der Waals surface area contributed by atoms with Gasteiger partial charge in [0.25, 0.3) is 0 Å². The van der Waals surface area contributed by atoms with Crippen LogP contribution >= 0.6 is 22.9 Å². The first-order chi connectivity index (χ1) is 8.65. The third-order valence-corrected chi connectivity index (χ3v) is 4.05. The van der Waals surface area contributed by atoms with E-state index in [0.29, 0.717) is 11.0 Å². The third-order valence-electron chi connectivity index (χ3n) is 2.90. The second-order valence-electron chi connectivity index (χ2n) is 4.33. The molecule has 0 saturated carbocycles. The van der Waals surface area contributed by atoms with E-state index in [1.54, 1.807) is 11.3 Å². The van der Waals surface area contributed by atoms with Gasteiger partial charge in [0.15, 0.2) is 5.82 Å². The van der Waals surface area contributed by atoms with Gasteiger partial charge in [0.2, 0.25) is 0 Å². The van der Waals surface area contributed by atoms with Gasteiger partial charge in [-0.25, -0.2) is 9.97 Å². The van der Waals surface area contributed by atoms with Crippen LogP contribution in [0.25, 0.3) is 22.3 Å². The molecule has 2 heterocycles. The van der Waals surface area contributed by atoms with Gasteiger partial charge in [-0.3, -0.25) is 0 Å². The van der Waals surface area contributed by atoms with Crippen molar-refractivity contribution in [2.24, 2.45) is 0 Å². The van der Waals surface area contributed by atoms with E-state index in [4.69, 9.17) is 11.6 Å². The minimum atomic E-state index is 0.518. The van der Waals surface area contributed by atoms with E-state index >= 15 is 0 Å². The van der Waals surface area contributed by atoms with E-state index in [0.717, 1.165) is 22.0 Å². The summed E-state index contributed by atoms with van der Waals surface area (Å²) in [7, 11) is 0. The van der Waals surface area contributed by atoms with Gasteiger partial charge in [0, 0.05) is 16.3 Å². The first kappa shape index (κ1) is 11.6. The van der Waals surface area contributed by atoms with Gasteiger partial charge in [0.1, 0.15) is 5.15 Å². The molecule has 4 heteroatoms. The molecule has 0 spiro atoms. The molecule has 0 unspecified atom stereocenters. The number of fused-ring (bicyclic) bond motifs is 1. The van der Waals surface area contributed by atoms with Crippen LogP contribution in [0.5, 0.6) is 0 Å². The number of aromatic nitrogens is 2. The molecule has 0 aliphatic rings. The van der Waals surface area contributed by atoms with Gasteiger partial charge >= 0.3 is 0 Å². The zero-order valence-corrected chi connectivity index (χ0v) is 11.6. The van der Waals surface area contributed by atoms with Crippen LogP contribution in [0.15, 0.2) is 29.0 Å². The average molecular weight is 275 g/mol. The Hall–Kier alpha value is -1.45. The molecule has 90 valence electrons. The van der Waals surface area contributed by atoms with Crippen molar-refractivity contribution in [3.8, 4) is 11.4 Å². The molecule has 3 aromatic rings. The van der Waals surface area contributed by atoms with Crippen LogP contribution in [-0.2, 0) is 0 Å². The van der Waals surface area contributed by atoms with Gasteiger partial charge in [0.05, 0.1) is 5.52 Å². The second kappa shape index (κ2) is 4.34. The van der Waals surface area contributed by atoms with Crippen LogP contribution < -0.4 is 0 Å². The van der Waals surface area contributed by atoms with Gasteiger partial charge in [-0.05, 0) is 36.9 Å². The molecule has 3 rings (SSSR count). The van der Waals surface area contributed by atoms with E-state index in [-0.39, 0.29) is 0 Å². The predicted molar refractivity (Wildman–Crippen MR) is 77.3 cm³/mol. The summed E-state index contributed by atoms with van der Waals surface area (Å²) < 4.78 is 0. The maximum absolute atomic E-state index is 6.26. The Morgan fingerprint density at radius 2 is 1.94 bits per heavy atom. The lowest BCUT2D eigenvalue weighted by atomic mass is 10.1. The number of hydrogen-bond donors (Lipinski definition) is 0. The maximum atomic E-state index is 6.26. The van der Waals surface area contributed by atoms with Crippen LogP contribution in [0.2, 0.25) is 5.15 Å². The third kappa shape index (κ3) is 1.89. The van der Waals surface area contributed by atoms with Crippen molar-refractivity contribution < 1.29 is 0 Å². The Morgan fingerprint density at radius 3 is 2.67 bits per heavy atom. The fourth-order valence-corrected chi connectivity index (χ4v) is 2.97. The van der Waals surface area contributed by atoms with Crippen LogP contribution in [0.1, 0.15) is 11.1 Å².